The summed E-state index contributed by atoms with van der Waals surface area (Å²) in [6.45, 7) is 5.43. The van der Waals surface area contributed by atoms with E-state index in [0.29, 0.717) is 0 Å². The SMILES string of the molecule is CC[C@H](C)CN(C[C@@H](O)[C@H](Cc1ccccc1)NC(=O)c1cccc(F)c1C)S(=O)(=O)c1ccc2ncsc2c1. The first-order chi connectivity index (χ1) is 19.1. The summed E-state index contributed by atoms with van der Waals surface area (Å²) in [7, 11) is -3.98. The van der Waals surface area contributed by atoms with Crippen LogP contribution < -0.4 is 5.32 Å². The number of carbonyl (C=O) groups is 1. The van der Waals surface area contributed by atoms with Gasteiger partial charge in [-0.15, -0.1) is 11.3 Å². The highest BCUT2D eigenvalue weighted by Gasteiger charge is 2.32. The molecule has 0 unspecified atom stereocenters. The van der Waals surface area contributed by atoms with Crippen molar-refractivity contribution < 1.29 is 22.7 Å². The number of sulfonamides is 1. The molecule has 40 heavy (non-hydrogen) atoms. The van der Waals surface area contributed by atoms with Gasteiger partial charge in [-0.05, 0) is 60.7 Å². The zero-order chi connectivity index (χ0) is 28.9. The van der Waals surface area contributed by atoms with Gasteiger partial charge in [0.25, 0.3) is 5.91 Å². The number of aliphatic hydroxyl groups excluding tert-OH is 1. The van der Waals surface area contributed by atoms with E-state index >= 15 is 0 Å². The minimum absolute atomic E-state index is 0.0335. The number of aliphatic hydroxyl groups is 1. The fourth-order valence-electron chi connectivity index (χ4n) is 4.48. The number of rotatable bonds is 12. The third kappa shape index (κ3) is 6.93. The average molecular weight is 584 g/mol. The topological polar surface area (TPSA) is 99.6 Å². The van der Waals surface area contributed by atoms with E-state index in [1.165, 1.54) is 46.8 Å². The number of fused-ring (bicyclic) bond motifs is 1. The molecular formula is C30H34FN3O4S2. The van der Waals surface area contributed by atoms with Gasteiger partial charge < -0.3 is 10.4 Å². The van der Waals surface area contributed by atoms with E-state index in [1.807, 2.05) is 44.2 Å². The van der Waals surface area contributed by atoms with Crippen LogP contribution in [0.1, 0.15) is 41.8 Å². The molecule has 3 atom stereocenters. The molecule has 10 heteroatoms. The quantitative estimate of drug-likeness (QED) is 0.239. The normalized spacial score (nSPS) is 14.2. The van der Waals surface area contributed by atoms with Gasteiger partial charge in [0.2, 0.25) is 10.0 Å². The second-order valence-electron chi connectivity index (χ2n) is 10.1. The van der Waals surface area contributed by atoms with Crippen LogP contribution in [0.3, 0.4) is 0 Å². The van der Waals surface area contributed by atoms with Crippen molar-refractivity contribution in [1.29, 1.82) is 0 Å². The number of hydrogen-bond acceptors (Lipinski definition) is 6. The molecule has 1 aromatic heterocycles. The van der Waals surface area contributed by atoms with Crippen LogP contribution in [0.4, 0.5) is 4.39 Å². The zero-order valence-electron chi connectivity index (χ0n) is 22.7. The van der Waals surface area contributed by atoms with Gasteiger partial charge in [0, 0.05) is 18.7 Å². The van der Waals surface area contributed by atoms with E-state index < -0.39 is 33.9 Å². The van der Waals surface area contributed by atoms with E-state index in [1.54, 1.807) is 17.6 Å². The number of nitrogens with one attached hydrogen (secondary N) is 1. The molecule has 0 spiro atoms. The molecule has 0 saturated heterocycles. The van der Waals surface area contributed by atoms with Crippen LogP contribution >= 0.6 is 11.3 Å². The van der Waals surface area contributed by atoms with Crippen molar-refractivity contribution in [2.75, 3.05) is 13.1 Å². The Morgan fingerprint density at radius 2 is 1.85 bits per heavy atom. The van der Waals surface area contributed by atoms with Crippen LogP contribution in [0, 0.1) is 18.7 Å². The fraction of sp³-hybridized carbons (Fsp3) is 0.333. The van der Waals surface area contributed by atoms with Crippen LogP contribution in [0.5, 0.6) is 0 Å². The number of nitrogens with zero attached hydrogens (tertiary/aromatic N) is 2. The summed E-state index contributed by atoms with van der Waals surface area (Å²) in [5.74, 6) is -1.01. The van der Waals surface area contributed by atoms with Gasteiger partial charge in [-0.3, -0.25) is 4.79 Å². The van der Waals surface area contributed by atoms with Crippen molar-refractivity contribution in [3.8, 4) is 0 Å². The number of benzene rings is 3. The van der Waals surface area contributed by atoms with Crippen LogP contribution in [0.15, 0.2) is 77.1 Å². The molecule has 4 rings (SSSR count). The molecule has 1 heterocycles. The average Bonchev–Trinajstić information content (AvgIpc) is 3.42. The monoisotopic (exact) mass is 583 g/mol. The number of aromatic nitrogens is 1. The summed E-state index contributed by atoms with van der Waals surface area (Å²) < 4.78 is 43.9. The summed E-state index contributed by atoms with van der Waals surface area (Å²) in [5, 5.41) is 14.3. The molecule has 4 aromatic rings. The second-order valence-corrected chi connectivity index (χ2v) is 12.9. The first-order valence-electron chi connectivity index (χ1n) is 13.2. The lowest BCUT2D eigenvalue weighted by molar-refractivity contribution is 0.0773. The largest absolute Gasteiger partial charge is 0.390 e. The van der Waals surface area contributed by atoms with Gasteiger partial charge in [0.15, 0.2) is 0 Å². The summed E-state index contributed by atoms with van der Waals surface area (Å²) in [5.41, 5.74) is 3.60. The maximum Gasteiger partial charge on any atom is 0.251 e. The number of hydrogen-bond donors (Lipinski definition) is 2. The van der Waals surface area contributed by atoms with E-state index in [-0.39, 0.29) is 41.5 Å². The molecule has 0 bridgehead atoms. The molecule has 0 aliphatic carbocycles. The third-order valence-corrected chi connectivity index (χ3v) is 9.75. The molecule has 3 aromatic carbocycles. The lowest BCUT2D eigenvalue weighted by atomic mass is 9.99. The summed E-state index contributed by atoms with van der Waals surface area (Å²) >= 11 is 1.36. The highest BCUT2D eigenvalue weighted by atomic mass is 32.2. The molecule has 0 radical (unpaired) electrons. The summed E-state index contributed by atoms with van der Waals surface area (Å²) in [6.07, 6.45) is -0.241. The number of halogens is 1. The zero-order valence-corrected chi connectivity index (χ0v) is 24.4. The minimum Gasteiger partial charge on any atom is -0.390 e. The lowest BCUT2D eigenvalue weighted by Crippen LogP contribution is -2.51. The van der Waals surface area contributed by atoms with Gasteiger partial charge in [-0.1, -0.05) is 56.7 Å². The van der Waals surface area contributed by atoms with E-state index in [9.17, 15) is 22.7 Å². The lowest BCUT2D eigenvalue weighted by Gasteiger charge is -2.31. The van der Waals surface area contributed by atoms with Crippen molar-refractivity contribution in [3.05, 3.63) is 94.7 Å². The van der Waals surface area contributed by atoms with Crippen LogP contribution in [-0.2, 0) is 16.4 Å². The Morgan fingerprint density at radius 1 is 1.10 bits per heavy atom. The molecule has 212 valence electrons. The van der Waals surface area contributed by atoms with Crippen molar-refractivity contribution in [3.63, 3.8) is 0 Å². The highest BCUT2D eigenvalue weighted by Crippen LogP contribution is 2.26. The Labute approximate surface area is 238 Å². The first kappa shape index (κ1) is 29.8. The van der Waals surface area contributed by atoms with E-state index in [0.717, 1.165) is 22.2 Å². The molecule has 0 aliphatic heterocycles. The number of amides is 1. The molecule has 0 aliphatic rings. The summed E-state index contributed by atoms with van der Waals surface area (Å²) in [6, 6.07) is 17.6. The van der Waals surface area contributed by atoms with E-state index in [4.69, 9.17) is 0 Å². The smallest absolute Gasteiger partial charge is 0.251 e. The molecule has 1 amide bonds. The van der Waals surface area contributed by atoms with Crippen molar-refractivity contribution in [2.45, 2.75) is 50.7 Å². The maximum atomic E-state index is 14.2. The molecule has 7 nitrogen and oxygen atoms in total. The van der Waals surface area contributed by atoms with Crippen molar-refractivity contribution >= 4 is 37.5 Å². The van der Waals surface area contributed by atoms with E-state index in [2.05, 4.69) is 10.3 Å². The Morgan fingerprint density at radius 3 is 2.58 bits per heavy atom. The summed E-state index contributed by atoms with van der Waals surface area (Å²) in [4.78, 5) is 17.6. The Hall–Kier alpha value is -3.18. The van der Waals surface area contributed by atoms with Crippen LogP contribution in [0.2, 0.25) is 0 Å². The minimum atomic E-state index is -3.98. The maximum absolute atomic E-state index is 14.2. The fourth-order valence-corrected chi connectivity index (χ4v) is 6.87. The molecule has 0 saturated carbocycles. The highest BCUT2D eigenvalue weighted by molar-refractivity contribution is 7.89. The van der Waals surface area contributed by atoms with Gasteiger partial charge in [0.05, 0.1) is 32.8 Å². The van der Waals surface area contributed by atoms with Gasteiger partial charge in [-0.2, -0.15) is 4.31 Å². The van der Waals surface area contributed by atoms with Gasteiger partial charge >= 0.3 is 0 Å². The molecular weight excluding hydrogens is 549 g/mol. The van der Waals surface area contributed by atoms with Crippen molar-refractivity contribution in [1.82, 2.24) is 14.6 Å². The number of thiazole rings is 1. The standard InChI is InChI=1S/C30H34FN3O4S2/c1-4-20(2)17-34(40(37,38)23-13-14-26-29(16-23)39-19-32-26)18-28(35)27(15-22-9-6-5-7-10-22)33-30(36)24-11-8-12-25(31)21(24)3/h5-14,16,19-20,27-28,35H,4,15,17-18H2,1-3H3,(H,33,36)/t20-,27-,28+/m0/s1. The first-order valence-corrected chi connectivity index (χ1v) is 15.5. The van der Waals surface area contributed by atoms with Gasteiger partial charge in [-0.25, -0.2) is 17.8 Å². The number of carbonyl (C=O) groups excluding carboxylic acids is 1. The predicted molar refractivity (Wildman–Crippen MR) is 156 cm³/mol. The Balaban J connectivity index is 1.64. The third-order valence-electron chi connectivity index (χ3n) is 7.14. The Bertz CT molecular complexity index is 1560. The van der Waals surface area contributed by atoms with Crippen molar-refractivity contribution in [2.24, 2.45) is 5.92 Å². The van der Waals surface area contributed by atoms with Crippen LogP contribution in [0.25, 0.3) is 10.2 Å². The second kappa shape index (κ2) is 13.0. The van der Waals surface area contributed by atoms with Crippen LogP contribution in [-0.4, -0.2) is 54.0 Å². The predicted octanol–water partition coefficient (Wildman–Crippen LogP) is 5.18. The molecule has 0 fully saturated rings. The molecule has 2 N–H and O–H groups in total. The Kier molecular flexibility index (Phi) is 9.68. The van der Waals surface area contributed by atoms with Gasteiger partial charge in [0.1, 0.15) is 5.82 Å².